The van der Waals surface area contributed by atoms with Gasteiger partial charge in [-0.25, -0.2) is 14.2 Å². The van der Waals surface area contributed by atoms with Crippen LogP contribution in [-0.2, 0) is 9.47 Å². The number of hydrogen-bond donors (Lipinski definition) is 2. The molecule has 5 saturated heterocycles. The number of phenols is 1. The molecule has 5 fully saturated rings. The van der Waals surface area contributed by atoms with Crippen molar-refractivity contribution in [1.29, 1.82) is 0 Å². The van der Waals surface area contributed by atoms with E-state index in [1.54, 1.807) is 17.0 Å². The topological polar surface area (TPSA) is 125 Å². The molecule has 4 atom stereocenters. The van der Waals surface area contributed by atoms with Crippen LogP contribution in [0.15, 0.2) is 30.3 Å². The Morgan fingerprint density at radius 2 is 1.91 bits per heavy atom. The summed E-state index contributed by atoms with van der Waals surface area (Å²) in [4.78, 5) is 33.7. The molecular formula is C40H44FN7O5. The lowest BCUT2D eigenvalue weighted by Crippen LogP contribution is -2.51. The number of aromatic nitrogens is 3. The maximum absolute atomic E-state index is 17.2. The Hall–Kier alpha value is -4.77. The molecule has 0 radical (unpaired) electrons. The van der Waals surface area contributed by atoms with Crippen molar-refractivity contribution < 1.29 is 28.5 Å². The number of halogens is 1. The Kier molecular flexibility index (Phi) is 8.72. The minimum absolute atomic E-state index is 0.0181. The van der Waals surface area contributed by atoms with Crippen LogP contribution in [0, 0.1) is 25.1 Å². The maximum Gasteiger partial charge on any atom is 0.409 e. The second kappa shape index (κ2) is 13.6. The van der Waals surface area contributed by atoms with Crippen molar-refractivity contribution in [3.05, 3.63) is 47.4 Å². The van der Waals surface area contributed by atoms with Gasteiger partial charge < -0.3 is 34.4 Å². The van der Waals surface area contributed by atoms with Gasteiger partial charge in [0.2, 0.25) is 0 Å². The van der Waals surface area contributed by atoms with Gasteiger partial charge in [0.05, 0.1) is 29.8 Å². The van der Waals surface area contributed by atoms with Crippen molar-refractivity contribution in [2.45, 2.75) is 69.1 Å². The quantitative estimate of drug-likeness (QED) is 0.257. The molecule has 53 heavy (non-hydrogen) atoms. The van der Waals surface area contributed by atoms with E-state index in [1.807, 2.05) is 19.1 Å². The van der Waals surface area contributed by atoms with Crippen LogP contribution in [0.1, 0.15) is 49.8 Å². The first-order valence-electron chi connectivity index (χ1n) is 18.8. The molecule has 2 bridgehead atoms. The lowest BCUT2D eigenvalue weighted by molar-refractivity contribution is 0.0138. The number of pyridine rings is 1. The first-order valence-corrected chi connectivity index (χ1v) is 18.8. The molecule has 5 aliphatic rings. The van der Waals surface area contributed by atoms with Crippen molar-refractivity contribution in [3.63, 3.8) is 0 Å². The number of morpholine rings is 1. The van der Waals surface area contributed by atoms with Gasteiger partial charge in [0.25, 0.3) is 0 Å². The lowest BCUT2D eigenvalue weighted by Gasteiger charge is -2.35. The van der Waals surface area contributed by atoms with Crippen LogP contribution in [0.3, 0.4) is 0 Å². The predicted octanol–water partition coefficient (Wildman–Crippen LogP) is 4.76. The minimum Gasteiger partial charge on any atom is -0.508 e. The maximum atomic E-state index is 17.2. The van der Waals surface area contributed by atoms with Crippen LogP contribution < -0.4 is 15.0 Å². The Bertz CT molecular complexity index is 2120. The van der Waals surface area contributed by atoms with Crippen LogP contribution in [-0.4, -0.2) is 119 Å². The molecule has 5 aliphatic heterocycles. The molecule has 2 unspecified atom stereocenters. The number of fused-ring (bicyclic) bond motifs is 5. The summed E-state index contributed by atoms with van der Waals surface area (Å²) < 4.78 is 34.9. The summed E-state index contributed by atoms with van der Waals surface area (Å²) in [7, 11) is 0. The molecule has 0 aliphatic carbocycles. The average molecular weight is 722 g/mol. The smallest absolute Gasteiger partial charge is 0.409 e. The molecule has 0 saturated carbocycles. The fourth-order valence-corrected chi connectivity index (χ4v) is 9.46. The Morgan fingerprint density at radius 1 is 1.09 bits per heavy atom. The van der Waals surface area contributed by atoms with Gasteiger partial charge in [0.1, 0.15) is 36.0 Å². The molecule has 1 amide bonds. The number of piperazine rings is 1. The zero-order chi connectivity index (χ0) is 36.3. The van der Waals surface area contributed by atoms with Crippen molar-refractivity contribution in [1.82, 2.24) is 30.1 Å². The fourth-order valence-electron chi connectivity index (χ4n) is 9.46. The third-order valence-corrected chi connectivity index (χ3v) is 12.0. The number of carbonyl (C=O) groups excluding carboxylic acids is 1. The number of benzene rings is 2. The largest absolute Gasteiger partial charge is 0.508 e. The predicted molar refractivity (Wildman–Crippen MR) is 198 cm³/mol. The number of carbonyl (C=O) groups is 1. The molecule has 276 valence electrons. The van der Waals surface area contributed by atoms with E-state index in [2.05, 4.69) is 21.0 Å². The summed E-state index contributed by atoms with van der Waals surface area (Å²) >= 11 is 0. The van der Waals surface area contributed by atoms with Crippen LogP contribution in [0.2, 0.25) is 0 Å². The van der Waals surface area contributed by atoms with Crippen LogP contribution in [0.25, 0.3) is 32.9 Å². The molecule has 2 aromatic carbocycles. The summed E-state index contributed by atoms with van der Waals surface area (Å²) in [5, 5.41) is 16.3. The number of rotatable bonds is 7. The normalized spacial score (nSPS) is 25.6. The number of ether oxygens (including phenoxy) is 3. The van der Waals surface area contributed by atoms with Crippen LogP contribution in [0.4, 0.5) is 15.0 Å². The SMILES string of the molecule is C#Cc1cccc2cc(O)cc(-c3nc(C)c4c(N5CC6CCC(C5)N6)nc(OC[C@]56CCCN5[C@@H](COC(=O)N5CCOCC5)CC6)nc4c3F)c12. The highest BCUT2D eigenvalue weighted by molar-refractivity contribution is 6.03. The molecule has 7 heterocycles. The third-order valence-electron chi connectivity index (χ3n) is 12.0. The van der Waals surface area contributed by atoms with Crippen molar-refractivity contribution >= 4 is 33.6 Å². The fraction of sp³-hybridized carbons (Fsp3) is 0.500. The highest BCUT2D eigenvalue weighted by atomic mass is 19.1. The average Bonchev–Trinajstić information content (AvgIpc) is 3.86. The number of aryl methyl sites for hydroxylation is 1. The van der Waals surface area contributed by atoms with E-state index in [0.29, 0.717) is 90.4 Å². The molecule has 13 heteroatoms. The number of nitrogens with one attached hydrogen (secondary N) is 1. The second-order valence-electron chi connectivity index (χ2n) is 15.2. The molecule has 9 rings (SSSR count). The minimum atomic E-state index is -0.625. The lowest BCUT2D eigenvalue weighted by atomic mass is 9.95. The van der Waals surface area contributed by atoms with Gasteiger partial charge in [0.15, 0.2) is 5.82 Å². The standard InChI is InChI=1S/C40H44FN7O5/c1-3-25-6-4-7-26-18-30(49)19-31(33(25)26)35-34(41)36-32(24(2)42-35)37(47-20-27-8-9-28(21-47)43-27)45-38(44-36)53-23-40-11-5-13-48(40)29(10-12-40)22-52-39(50)46-14-16-51-17-15-46/h1,4,6-7,18-19,27-29,43,49H,5,8-17,20-23H2,2H3/t27?,28?,29-,40-/m1/s1. The number of terminal acetylenes is 1. The Balaban J connectivity index is 1.06. The first kappa shape index (κ1) is 34.0. The van der Waals surface area contributed by atoms with E-state index in [4.69, 9.17) is 35.6 Å². The van der Waals surface area contributed by atoms with Crippen LogP contribution in [0.5, 0.6) is 11.8 Å². The highest BCUT2D eigenvalue weighted by Gasteiger charge is 2.50. The number of amides is 1. The number of hydrogen-bond acceptors (Lipinski definition) is 11. The van der Waals surface area contributed by atoms with Gasteiger partial charge >= 0.3 is 12.1 Å². The Labute approximate surface area is 307 Å². The number of nitrogens with zero attached hydrogens (tertiary/aromatic N) is 6. The Morgan fingerprint density at radius 3 is 2.70 bits per heavy atom. The molecular weight excluding hydrogens is 677 g/mol. The monoisotopic (exact) mass is 721 g/mol. The highest BCUT2D eigenvalue weighted by Crippen LogP contribution is 2.44. The van der Waals surface area contributed by atoms with Gasteiger partial charge in [0, 0.05) is 60.8 Å². The zero-order valence-corrected chi connectivity index (χ0v) is 29.9. The van der Waals surface area contributed by atoms with E-state index >= 15 is 4.39 Å². The van der Waals surface area contributed by atoms with E-state index in [0.717, 1.165) is 58.2 Å². The molecule has 4 aromatic rings. The van der Waals surface area contributed by atoms with Crippen LogP contribution >= 0.6 is 0 Å². The second-order valence-corrected chi connectivity index (χ2v) is 15.2. The molecule has 2 aromatic heterocycles. The summed E-state index contributed by atoms with van der Waals surface area (Å²) in [6.45, 7) is 7.00. The van der Waals surface area contributed by atoms with Gasteiger partial charge in [-0.15, -0.1) is 6.42 Å². The summed E-state index contributed by atoms with van der Waals surface area (Å²) in [6.07, 6.45) is 11.5. The number of aromatic hydroxyl groups is 1. The first-order chi connectivity index (χ1) is 25.8. The molecule has 12 nitrogen and oxygen atoms in total. The summed E-state index contributed by atoms with van der Waals surface area (Å²) in [5.41, 5.74) is 1.46. The third kappa shape index (κ3) is 6.06. The van der Waals surface area contributed by atoms with E-state index in [9.17, 15) is 9.90 Å². The molecule has 2 N–H and O–H groups in total. The van der Waals surface area contributed by atoms with Crippen molar-refractivity contribution in [3.8, 4) is 35.4 Å². The number of phenolic OH excluding ortho intramolecular Hbond substituents is 1. The van der Waals surface area contributed by atoms with Gasteiger partial charge in [-0.3, -0.25) is 4.90 Å². The van der Waals surface area contributed by atoms with Crippen molar-refractivity contribution in [2.24, 2.45) is 0 Å². The zero-order valence-electron chi connectivity index (χ0n) is 29.9. The van der Waals surface area contributed by atoms with E-state index in [-0.39, 0.29) is 40.6 Å². The van der Waals surface area contributed by atoms with Crippen molar-refractivity contribution in [2.75, 3.05) is 64.1 Å². The van der Waals surface area contributed by atoms with E-state index < -0.39 is 5.82 Å². The number of anilines is 1. The van der Waals surface area contributed by atoms with Gasteiger partial charge in [-0.05, 0) is 75.6 Å². The van der Waals surface area contributed by atoms with Gasteiger partial charge in [-0.2, -0.15) is 9.97 Å². The molecule has 0 spiro atoms. The van der Waals surface area contributed by atoms with E-state index in [1.165, 1.54) is 6.07 Å². The van der Waals surface area contributed by atoms with Gasteiger partial charge in [-0.1, -0.05) is 18.1 Å². The summed E-state index contributed by atoms with van der Waals surface area (Å²) in [5.74, 6) is 2.68. The summed E-state index contributed by atoms with van der Waals surface area (Å²) in [6, 6.07) is 9.42.